The number of aromatic nitrogens is 1. The van der Waals surface area contributed by atoms with E-state index in [1.54, 1.807) is 26.0 Å². The van der Waals surface area contributed by atoms with Gasteiger partial charge in [0.2, 0.25) is 0 Å². The molecule has 0 radical (unpaired) electrons. The summed E-state index contributed by atoms with van der Waals surface area (Å²) in [5, 5.41) is 8.71. The number of nitrogens with zero attached hydrogens (tertiary/aromatic N) is 1. The van der Waals surface area contributed by atoms with Gasteiger partial charge in [-0.3, -0.25) is 4.79 Å². The molecule has 4 rings (SSSR count). The number of hydrogen-bond donors (Lipinski definition) is 1. The third-order valence-electron chi connectivity index (χ3n) is 4.28. The highest BCUT2D eigenvalue weighted by Gasteiger charge is 2.17. The van der Waals surface area contributed by atoms with Crippen LogP contribution in [0.3, 0.4) is 0 Å². The van der Waals surface area contributed by atoms with E-state index in [1.807, 2.05) is 42.5 Å². The van der Waals surface area contributed by atoms with E-state index in [-0.39, 0.29) is 18.3 Å². The molecule has 2 heterocycles. The lowest BCUT2D eigenvalue weighted by molar-refractivity contribution is 0.0992. The molecule has 136 valence electrons. The Bertz CT molecular complexity index is 1090. The first-order valence-corrected chi connectivity index (χ1v) is 8.55. The van der Waals surface area contributed by atoms with Gasteiger partial charge in [-0.1, -0.05) is 41.6 Å². The number of carbonyl (C=O) groups excluding carboxylic acids is 1. The van der Waals surface area contributed by atoms with E-state index in [0.717, 1.165) is 16.5 Å². The van der Waals surface area contributed by atoms with Crippen LogP contribution in [0.15, 0.2) is 63.5 Å². The van der Waals surface area contributed by atoms with Crippen LogP contribution in [-0.4, -0.2) is 11.1 Å². The van der Waals surface area contributed by atoms with Gasteiger partial charge in [-0.25, -0.2) is 0 Å². The molecule has 2 aromatic carbocycles. The van der Waals surface area contributed by atoms with Crippen LogP contribution in [-0.2, 0) is 6.61 Å². The van der Waals surface area contributed by atoms with Gasteiger partial charge in [0.1, 0.15) is 29.5 Å². The zero-order valence-corrected chi connectivity index (χ0v) is 15.0. The minimum atomic E-state index is -0.360. The van der Waals surface area contributed by atoms with Crippen LogP contribution in [0.25, 0.3) is 10.8 Å². The summed E-state index contributed by atoms with van der Waals surface area (Å²) in [5.41, 5.74) is 1.18. The molecule has 6 nitrogen and oxygen atoms in total. The predicted molar refractivity (Wildman–Crippen MR) is 101 cm³/mol. The maximum atomic E-state index is 12.4. The molecule has 0 atom stereocenters. The Morgan fingerprint density at radius 2 is 1.89 bits per heavy atom. The molecular formula is C21H18N2O4. The topological polar surface area (TPSA) is 77.5 Å². The van der Waals surface area contributed by atoms with Crippen LogP contribution in [0.2, 0.25) is 0 Å². The molecule has 0 saturated carbocycles. The summed E-state index contributed by atoms with van der Waals surface area (Å²) >= 11 is 0. The highest BCUT2D eigenvalue weighted by atomic mass is 16.5. The summed E-state index contributed by atoms with van der Waals surface area (Å²) < 4.78 is 16.6. The standard InChI is InChI=1S/C21H18N2O4/c1-13-20(14(2)27-23-13)22-21(24)19-11-10-16(26-19)12-25-18-9-5-7-15-6-3-4-8-17(15)18/h3-11H,12H2,1-2H3,(H,22,24). The van der Waals surface area contributed by atoms with Crippen molar-refractivity contribution in [2.45, 2.75) is 20.5 Å². The quantitative estimate of drug-likeness (QED) is 0.548. The van der Waals surface area contributed by atoms with Crippen LogP contribution >= 0.6 is 0 Å². The summed E-state index contributed by atoms with van der Waals surface area (Å²) in [4.78, 5) is 12.4. The molecule has 6 heteroatoms. The van der Waals surface area contributed by atoms with E-state index in [4.69, 9.17) is 13.7 Å². The van der Waals surface area contributed by atoms with Crippen LogP contribution < -0.4 is 10.1 Å². The number of fused-ring (bicyclic) bond motifs is 1. The molecule has 0 unspecified atom stereocenters. The highest BCUT2D eigenvalue weighted by Crippen LogP contribution is 2.26. The van der Waals surface area contributed by atoms with E-state index in [0.29, 0.717) is 22.9 Å². The van der Waals surface area contributed by atoms with Crippen molar-refractivity contribution in [1.82, 2.24) is 5.16 Å². The summed E-state index contributed by atoms with van der Waals surface area (Å²) in [7, 11) is 0. The monoisotopic (exact) mass is 362 g/mol. The molecule has 0 bridgehead atoms. The van der Waals surface area contributed by atoms with Crippen molar-refractivity contribution in [3.8, 4) is 5.75 Å². The minimum absolute atomic E-state index is 0.200. The van der Waals surface area contributed by atoms with Gasteiger partial charge in [-0.15, -0.1) is 0 Å². The molecule has 0 spiro atoms. The normalized spacial score (nSPS) is 10.9. The Balaban J connectivity index is 1.46. The molecule has 0 aliphatic rings. The van der Waals surface area contributed by atoms with Crippen LogP contribution in [0.1, 0.15) is 27.8 Å². The number of anilines is 1. The Hall–Kier alpha value is -3.54. The summed E-state index contributed by atoms with van der Waals surface area (Å²) in [5.74, 6) is 1.72. The molecule has 1 N–H and O–H groups in total. The first-order chi connectivity index (χ1) is 13.1. The van der Waals surface area contributed by atoms with Crippen molar-refractivity contribution in [3.05, 3.63) is 77.6 Å². The summed E-state index contributed by atoms with van der Waals surface area (Å²) in [6.45, 7) is 3.73. The number of nitrogens with one attached hydrogen (secondary N) is 1. The van der Waals surface area contributed by atoms with Crippen molar-refractivity contribution in [3.63, 3.8) is 0 Å². The second-order valence-electron chi connectivity index (χ2n) is 6.19. The fourth-order valence-electron chi connectivity index (χ4n) is 2.88. The molecular weight excluding hydrogens is 344 g/mol. The lowest BCUT2D eigenvalue weighted by atomic mass is 10.1. The van der Waals surface area contributed by atoms with Crippen LogP contribution in [0.5, 0.6) is 5.75 Å². The van der Waals surface area contributed by atoms with Gasteiger partial charge in [0.25, 0.3) is 5.91 Å². The third kappa shape index (κ3) is 3.42. The van der Waals surface area contributed by atoms with Crippen molar-refractivity contribution >= 4 is 22.4 Å². The second kappa shape index (κ2) is 6.99. The van der Waals surface area contributed by atoms with Crippen LogP contribution in [0, 0.1) is 13.8 Å². The lowest BCUT2D eigenvalue weighted by Gasteiger charge is -2.08. The van der Waals surface area contributed by atoms with Gasteiger partial charge in [0.15, 0.2) is 11.5 Å². The first-order valence-electron chi connectivity index (χ1n) is 8.55. The van der Waals surface area contributed by atoms with Gasteiger partial charge in [-0.2, -0.15) is 0 Å². The van der Waals surface area contributed by atoms with Gasteiger partial charge < -0.3 is 19.0 Å². The van der Waals surface area contributed by atoms with E-state index in [1.165, 1.54) is 0 Å². The predicted octanol–water partition coefficient (Wildman–Crippen LogP) is 4.87. The first kappa shape index (κ1) is 16.9. The molecule has 2 aromatic heterocycles. The number of hydrogen-bond acceptors (Lipinski definition) is 5. The second-order valence-corrected chi connectivity index (χ2v) is 6.19. The van der Waals surface area contributed by atoms with E-state index in [2.05, 4.69) is 10.5 Å². The van der Waals surface area contributed by atoms with Gasteiger partial charge >= 0.3 is 0 Å². The molecule has 0 saturated heterocycles. The Morgan fingerprint density at radius 3 is 2.70 bits per heavy atom. The molecule has 0 aliphatic heterocycles. The summed E-state index contributed by atoms with van der Waals surface area (Å²) in [6, 6.07) is 17.2. The molecule has 0 aliphatic carbocycles. The fourth-order valence-corrected chi connectivity index (χ4v) is 2.88. The van der Waals surface area contributed by atoms with Crippen molar-refractivity contribution in [2.24, 2.45) is 0 Å². The van der Waals surface area contributed by atoms with Gasteiger partial charge in [0.05, 0.1) is 0 Å². The maximum absolute atomic E-state index is 12.4. The fraction of sp³-hybridized carbons (Fsp3) is 0.143. The average molecular weight is 362 g/mol. The van der Waals surface area contributed by atoms with Crippen molar-refractivity contribution in [1.29, 1.82) is 0 Å². The summed E-state index contributed by atoms with van der Waals surface area (Å²) in [6.07, 6.45) is 0. The van der Waals surface area contributed by atoms with Crippen molar-refractivity contribution < 1.29 is 18.5 Å². The number of furan rings is 1. The van der Waals surface area contributed by atoms with Gasteiger partial charge in [-0.05, 0) is 37.4 Å². The Kier molecular flexibility index (Phi) is 4.38. The maximum Gasteiger partial charge on any atom is 0.291 e. The van der Waals surface area contributed by atoms with E-state index in [9.17, 15) is 4.79 Å². The zero-order valence-electron chi connectivity index (χ0n) is 15.0. The highest BCUT2D eigenvalue weighted by molar-refractivity contribution is 6.02. The molecule has 27 heavy (non-hydrogen) atoms. The molecule has 1 amide bonds. The number of aryl methyl sites for hydroxylation is 2. The smallest absolute Gasteiger partial charge is 0.291 e. The Morgan fingerprint density at radius 1 is 1.07 bits per heavy atom. The van der Waals surface area contributed by atoms with E-state index < -0.39 is 0 Å². The molecule has 0 fully saturated rings. The van der Waals surface area contributed by atoms with Crippen molar-refractivity contribution in [2.75, 3.05) is 5.32 Å². The number of carbonyl (C=O) groups is 1. The number of benzene rings is 2. The SMILES string of the molecule is Cc1noc(C)c1NC(=O)c1ccc(COc2cccc3ccccc23)o1. The zero-order chi connectivity index (χ0) is 18.8. The third-order valence-corrected chi connectivity index (χ3v) is 4.28. The number of ether oxygens (including phenoxy) is 1. The van der Waals surface area contributed by atoms with Gasteiger partial charge in [0, 0.05) is 5.39 Å². The van der Waals surface area contributed by atoms with E-state index >= 15 is 0 Å². The van der Waals surface area contributed by atoms with Crippen LogP contribution in [0.4, 0.5) is 5.69 Å². The molecule has 4 aromatic rings. The number of amides is 1. The lowest BCUT2D eigenvalue weighted by Crippen LogP contribution is -2.12. The largest absolute Gasteiger partial charge is 0.485 e. The average Bonchev–Trinajstić information content (AvgIpc) is 3.28. The minimum Gasteiger partial charge on any atom is -0.485 e. The Labute approximate surface area is 155 Å². The number of rotatable bonds is 5.